The van der Waals surface area contributed by atoms with E-state index in [9.17, 15) is 10.1 Å². The molecule has 2 rings (SSSR count). The third kappa shape index (κ3) is 2.92. The first kappa shape index (κ1) is 14.0. The molecule has 0 spiro atoms. The maximum atomic E-state index is 11.0. The first-order valence-electron chi connectivity index (χ1n) is 5.86. The Balaban J connectivity index is 2.23. The van der Waals surface area contributed by atoms with Gasteiger partial charge in [-0.2, -0.15) is 5.26 Å². The van der Waals surface area contributed by atoms with Gasteiger partial charge in [-0.15, -0.1) is 11.3 Å². The molecule has 2 aromatic rings. The van der Waals surface area contributed by atoms with Gasteiger partial charge >= 0.3 is 0 Å². The Labute approximate surface area is 119 Å². The molecular formula is C13H12N4O2S. The summed E-state index contributed by atoms with van der Waals surface area (Å²) in [6.45, 7) is 4.31. The van der Waals surface area contributed by atoms with Crippen molar-refractivity contribution >= 4 is 22.7 Å². The van der Waals surface area contributed by atoms with Gasteiger partial charge in [0.15, 0.2) is 0 Å². The van der Waals surface area contributed by atoms with Gasteiger partial charge in [0, 0.05) is 10.9 Å². The van der Waals surface area contributed by atoms with Crippen molar-refractivity contribution in [3.63, 3.8) is 0 Å². The largest absolute Gasteiger partial charge is 0.374 e. The number of nitro benzene ring substituents is 1. The molecule has 7 heteroatoms. The van der Waals surface area contributed by atoms with Crippen LogP contribution in [0.5, 0.6) is 0 Å². The fraction of sp³-hybridized carbons (Fsp3) is 0.231. The Hall–Kier alpha value is -2.46. The minimum atomic E-state index is -0.498. The molecule has 0 amide bonds. The Kier molecular flexibility index (Phi) is 3.96. The molecule has 20 heavy (non-hydrogen) atoms. The molecule has 0 saturated carbocycles. The molecule has 1 heterocycles. The second kappa shape index (κ2) is 5.67. The molecule has 1 N–H and O–H groups in total. The number of thiazole rings is 1. The van der Waals surface area contributed by atoms with Gasteiger partial charge in [0.05, 0.1) is 33.8 Å². The molecule has 0 unspecified atom stereocenters. The maximum absolute atomic E-state index is 11.0. The van der Waals surface area contributed by atoms with Gasteiger partial charge in [-0.25, -0.2) is 4.98 Å². The highest BCUT2D eigenvalue weighted by Crippen LogP contribution is 2.26. The number of nitriles is 1. The number of rotatable bonds is 4. The Morgan fingerprint density at radius 1 is 1.50 bits per heavy atom. The fourth-order valence-electron chi connectivity index (χ4n) is 1.82. The summed E-state index contributed by atoms with van der Waals surface area (Å²) in [4.78, 5) is 16.0. The van der Waals surface area contributed by atoms with Crippen LogP contribution in [0, 0.1) is 35.3 Å². The number of hydrogen-bond donors (Lipinski definition) is 1. The average Bonchev–Trinajstić information content (AvgIpc) is 2.74. The van der Waals surface area contributed by atoms with Crippen molar-refractivity contribution in [1.29, 1.82) is 5.26 Å². The van der Waals surface area contributed by atoms with Crippen LogP contribution < -0.4 is 5.32 Å². The molecular weight excluding hydrogens is 276 g/mol. The Bertz CT molecular complexity index is 703. The van der Waals surface area contributed by atoms with Crippen molar-refractivity contribution in [2.24, 2.45) is 0 Å². The third-order valence-electron chi connectivity index (χ3n) is 2.77. The SMILES string of the molecule is Cc1nc(CNc2ccc(C#N)cc2[N+](=O)[O-])c(C)s1. The topological polar surface area (TPSA) is 91.8 Å². The van der Waals surface area contributed by atoms with Crippen LogP contribution in [0.2, 0.25) is 0 Å². The predicted octanol–water partition coefficient (Wildman–Crippen LogP) is 3.15. The number of aromatic nitrogens is 1. The summed E-state index contributed by atoms with van der Waals surface area (Å²) in [5.74, 6) is 0. The molecule has 0 fully saturated rings. The van der Waals surface area contributed by atoms with E-state index in [1.165, 1.54) is 6.07 Å². The minimum Gasteiger partial charge on any atom is -0.374 e. The van der Waals surface area contributed by atoms with E-state index in [2.05, 4.69) is 10.3 Å². The zero-order chi connectivity index (χ0) is 14.7. The summed E-state index contributed by atoms with van der Waals surface area (Å²) in [5.41, 5.74) is 1.43. The van der Waals surface area contributed by atoms with Gasteiger partial charge in [-0.1, -0.05) is 0 Å². The lowest BCUT2D eigenvalue weighted by molar-refractivity contribution is -0.384. The van der Waals surface area contributed by atoms with Gasteiger partial charge < -0.3 is 5.32 Å². The standard InChI is InChI=1S/C13H12N4O2S/c1-8-12(16-9(2)20-8)7-15-11-4-3-10(6-14)5-13(11)17(18)19/h3-5,15H,7H2,1-2H3. The molecule has 0 saturated heterocycles. The lowest BCUT2D eigenvalue weighted by Gasteiger charge is -2.06. The van der Waals surface area contributed by atoms with E-state index in [4.69, 9.17) is 5.26 Å². The monoisotopic (exact) mass is 288 g/mol. The smallest absolute Gasteiger partial charge is 0.293 e. The van der Waals surface area contributed by atoms with Crippen molar-refractivity contribution in [2.75, 3.05) is 5.32 Å². The number of anilines is 1. The van der Waals surface area contributed by atoms with E-state index < -0.39 is 4.92 Å². The molecule has 0 atom stereocenters. The highest BCUT2D eigenvalue weighted by Gasteiger charge is 2.15. The van der Waals surface area contributed by atoms with Crippen molar-refractivity contribution < 1.29 is 4.92 Å². The lowest BCUT2D eigenvalue weighted by Crippen LogP contribution is -2.04. The predicted molar refractivity (Wildman–Crippen MR) is 76.7 cm³/mol. The lowest BCUT2D eigenvalue weighted by atomic mass is 10.2. The molecule has 0 radical (unpaired) electrons. The van der Waals surface area contributed by atoms with E-state index in [0.29, 0.717) is 12.2 Å². The highest BCUT2D eigenvalue weighted by atomic mass is 32.1. The molecule has 1 aromatic heterocycles. The number of nitrogens with zero attached hydrogens (tertiary/aromatic N) is 3. The summed E-state index contributed by atoms with van der Waals surface area (Å²) in [6.07, 6.45) is 0. The van der Waals surface area contributed by atoms with Crippen molar-refractivity contribution in [2.45, 2.75) is 20.4 Å². The van der Waals surface area contributed by atoms with Crippen LogP contribution in [0.1, 0.15) is 21.1 Å². The molecule has 0 aliphatic heterocycles. The van der Waals surface area contributed by atoms with E-state index in [-0.39, 0.29) is 11.3 Å². The summed E-state index contributed by atoms with van der Waals surface area (Å²) in [6, 6.07) is 6.26. The van der Waals surface area contributed by atoms with Crippen molar-refractivity contribution in [1.82, 2.24) is 4.98 Å². The number of benzene rings is 1. The Morgan fingerprint density at radius 2 is 2.25 bits per heavy atom. The van der Waals surface area contributed by atoms with Crippen molar-refractivity contribution in [3.8, 4) is 6.07 Å². The van der Waals surface area contributed by atoms with Crippen LogP contribution in [0.25, 0.3) is 0 Å². The van der Waals surface area contributed by atoms with Crippen LogP contribution in [0.4, 0.5) is 11.4 Å². The number of hydrogen-bond acceptors (Lipinski definition) is 6. The fourth-order valence-corrected chi connectivity index (χ4v) is 2.65. The summed E-state index contributed by atoms with van der Waals surface area (Å²) in [5, 5.41) is 23.8. The molecule has 1 aromatic carbocycles. The molecule has 0 aliphatic rings. The average molecular weight is 288 g/mol. The van der Waals surface area contributed by atoms with Crippen LogP contribution in [0.15, 0.2) is 18.2 Å². The van der Waals surface area contributed by atoms with E-state index >= 15 is 0 Å². The van der Waals surface area contributed by atoms with Crippen LogP contribution in [0.3, 0.4) is 0 Å². The Morgan fingerprint density at radius 3 is 2.80 bits per heavy atom. The van der Waals surface area contributed by atoms with Gasteiger partial charge in [0.25, 0.3) is 5.69 Å². The number of nitrogens with one attached hydrogen (secondary N) is 1. The highest BCUT2D eigenvalue weighted by molar-refractivity contribution is 7.11. The number of nitro groups is 1. The first-order valence-corrected chi connectivity index (χ1v) is 6.68. The van der Waals surface area contributed by atoms with Crippen molar-refractivity contribution in [3.05, 3.63) is 49.5 Å². The third-order valence-corrected chi connectivity index (χ3v) is 3.70. The van der Waals surface area contributed by atoms with Gasteiger partial charge in [-0.05, 0) is 26.0 Å². The first-order chi connectivity index (χ1) is 9.51. The van der Waals surface area contributed by atoms with Gasteiger partial charge in [0.2, 0.25) is 0 Å². The van der Waals surface area contributed by atoms with E-state index in [0.717, 1.165) is 15.6 Å². The van der Waals surface area contributed by atoms with E-state index in [1.54, 1.807) is 23.5 Å². The van der Waals surface area contributed by atoms with Gasteiger partial charge in [-0.3, -0.25) is 10.1 Å². The zero-order valence-electron chi connectivity index (χ0n) is 11.0. The van der Waals surface area contributed by atoms with Crippen LogP contribution in [-0.4, -0.2) is 9.91 Å². The minimum absolute atomic E-state index is 0.103. The molecule has 0 bridgehead atoms. The normalized spacial score (nSPS) is 10.1. The molecule has 0 aliphatic carbocycles. The van der Waals surface area contributed by atoms with E-state index in [1.807, 2.05) is 19.9 Å². The van der Waals surface area contributed by atoms with Crippen LogP contribution >= 0.6 is 11.3 Å². The molecule has 6 nitrogen and oxygen atoms in total. The van der Waals surface area contributed by atoms with Crippen LogP contribution in [-0.2, 0) is 6.54 Å². The zero-order valence-corrected chi connectivity index (χ0v) is 11.8. The molecule has 102 valence electrons. The summed E-state index contributed by atoms with van der Waals surface area (Å²) < 4.78 is 0. The summed E-state index contributed by atoms with van der Waals surface area (Å²) >= 11 is 1.59. The second-order valence-corrected chi connectivity index (χ2v) is 5.60. The maximum Gasteiger partial charge on any atom is 0.293 e. The van der Waals surface area contributed by atoms with Gasteiger partial charge in [0.1, 0.15) is 5.69 Å². The quantitative estimate of drug-likeness (QED) is 0.689. The number of aryl methyl sites for hydroxylation is 2. The summed E-state index contributed by atoms with van der Waals surface area (Å²) in [7, 11) is 0. The second-order valence-electron chi connectivity index (χ2n) is 4.19.